The van der Waals surface area contributed by atoms with Crippen molar-refractivity contribution in [2.45, 2.75) is 39.7 Å². The van der Waals surface area contributed by atoms with Crippen LogP contribution in [0.3, 0.4) is 0 Å². The van der Waals surface area contributed by atoms with Gasteiger partial charge in [-0.1, -0.05) is 37.6 Å². The summed E-state index contributed by atoms with van der Waals surface area (Å²) >= 11 is 6.60. The third kappa shape index (κ3) is 4.67. The standard InChI is InChI=1S/C27H27ClFN7O3/c1-14(2)19-22(15(3)9-10-30-19)36-25-21(31-23(28)20(32-25)17-7-5-6-8-18(17)29)24(33-26(36)37)35-12-11-34(27(38)39)13-16(35)4/h5-10,14,16H,11-13H2,1-4H3,(H,38,39)/t16-/m0/s1. The lowest BCUT2D eigenvalue weighted by Gasteiger charge is -2.39. The van der Waals surface area contributed by atoms with Crippen molar-refractivity contribution < 1.29 is 14.3 Å². The Hall–Kier alpha value is -4.12. The number of hydrogen-bond donors (Lipinski definition) is 1. The molecule has 0 unspecified atom stereocenters. The molecule has 0 aliphatic carbocycles. The van der Waals surface area contributed by atoms with Crippen molar-refractivity contribution in [3.05, 3.63) is 69.2 Å². The van der Waals surface area contributed by atoms with Gasteiger partial charge >= 0.3 is 11.8 Å². The highest BCUT2D eigenvalue weighted by Crippen LogP contribution is 2.34. The first-order valence-electron chi connectivity index (χ1n) is 12.5. The predicted octanol–water partition coefficient (Wildman–Crippen LogP) is 4.65. The molecule has 1 saturated heterocycles. The highest BCUT2D eigenvalue weighted by molar-refractivity contribution is 6.32. The van der Waals surface area contributed by atoms with E-state index in [0.29, 0.717) is 11.4 Å². The van der Waals surface area contributed by atoms with Gasteiger partial charge in [0.1, 0.15) is 11.5 Å². The molecule has 5 rings (SSSR count). The van der Waals surface area contributed by atoms with E-state index in [1.807, 2.05) is 32.6 Å². The highest BCUT2D eigenvalue weighted by Gasteiger charge is 2.31. The van der Waals surface area contributed by atoms with E-state index in [1.54, 1.807) is 30.5 Å². The van der Waals surface area contributed by atoms with Crippen molar-refractivity contribution in [3.8, 4) is 16.9 Å². The summed E-state index contributed by atoms with van der Waals surface area (Å²) in [6, 6.07) is 7.56. The number of halogens is 2. The van der Waals surface area contributed by atoms with Gasteiger partial charge in [-0.3, -0.25) is 4.98 Å². The molecule has 0 bridgehead atoms. The zero-order chi connectivity index (χ0) is 28.0. The Morgan fingerprint density at radius 3 is 2.56 bits per heavy atom. The number of rotatable bonds is 4. The molecular weight excluding hydrogens is 525 g/mol. The molecule has 10 nitrogen and oxygen atoms in total. The van der Waals surface area contributed by atoms with Gasteiger partial charge in [-0.05, 0) is 43.5 Å². The molecule has 202 valence electrons. The van der Waals surface area contributed by atoms with E-state index in [0.717, 1.165) is 5.56 Å². The molecule has 3 aromatic heterocycles. The quantitative estimate of drug-likeness (QED) is 0.389. The molecule has 0 saturated carbocycles. The molecule has 4 heterocycles. The van der Waals surface area contributed by atoms with Crippen LogP contribution in [0.5, 0.6) is 0 Å². The number of fused-ring (bicyclic) bond motifs is 1. The lowest BCUT2D eigenvalue weighted by molar-refractivity contribution is 0.136. The van der Waals surface area contributed by atoms with Crippen LogP contribution >= 0.6 is 11.6 Å². The van der Waals surface area contributed by atoms with Gasteiger partial charge in [-0.15, -0.1) is 0 Å². The number of piperazine rings is 1. The number of carbonyl (C=O) groups is 1. The lowest BCUT2D eigenvalue weighted by atomic mass is 10.0. The van der Waals surface area contributed by atoms with Crippen molar-refractivity contribution in [2.75, 3.05) is 24.5 Å². The topological polar surface area (TPSA) is 117 Å². The van der Waals surface area contributed by atoms with Crippen LogP contribution in [-0.4, -0.2) is 66.3 Å². The second-order valence-corrected chi connectivity index (χ2v) is 10.2. The third-order valence-electron chi connectivity index (χ3n) is 6.88. The molecule has 39 heavy (non-hydrogen) atoms. The maximum atomic E-state index is 14.8. The zero-order valence-corrected chi connectivity index (χ0v) is 22.6. The summed E-state index contributed by atoms with van der Waals surface area (Å²) in [7, 11) is 0. The van der Waals surface area contributed by atoms with Gasteiger partial charge in [-0.25, -0.2) is 28.5 Å². The second-order valence-electron chi connectivity index (χ2n) is 9.86. The summed E-state index contributed by atoms with van der Waals surface area (Å²) in [4.78, 5) is 46.8. The van der Waals surface area contributed by atoms with Crippen LogP contribution < -0.4 is 10.6 Å². The number of pyridine rings is 1. The van der Waals surface area contributed by atoms with Crippen molar-refractivity contribution in [2.24, 2.45) is 0 Å². The van der Waals surface area contributed by atoms with Gasteiger partial charge in [0.25, 0.3) is 0 Å². The Bertz CT molecular complexity index is 1660. The molecule has 1 N–H and O–H groups in total. The normalized spacial score (nSPS) is 15.8. The van der Waals surface area contributed by atoms with E-state index in [-0.39, 0.29) is 65.0 Å². The third-order valence-corrected chi connectivity index (χ3v) is 7.14. The van der Waals surface area contributed by atoms with E-state index in [1.165, 1.54) is 15.5 Å². The van der Waals surface area contributed by atoms with Crippen molar-refractivity contribution in [1.82, 2.24) is 29.4 Å². The molecule has 0 radical (unpaired) electrons. The summed E-state index contributed by atoms with van der Waals surface area (Å²) in [5.41, 5.74) is 1.99. The Morgan fingerprint density at radius 1 is 1.15 bits per heavy atom. The highest BCUT2D eigenvalue weighted by atomic mass is 35.5. The summed E-state index contributed by atoms with van der Waals surface area (Å²) < 4.78 is 16.2. The van der Waals surface area contributed by atoms with Crippen LogP contribution in [0, 0.1) is 12.7 Å². The first-order valence-corrected chi connectivity index (χ1v) is 12.9. The van der Waals surface area contributed by atoms with Crippen LogP contribution in [0.2, 0.25) is 5.15 Å². The van der Waals surface area contributed by atoms with Crippen LogP contribution in [0.1, 0.15) is 37.9 Å². The van der Waals surface area contributed by atoms with Crippen molar-refractivity contribution in [1.29, 1.82) is 0 Å². The van der Waals surface area contributed by atoms with Gasteiger partial charge in [0.2, 0.25) is 0 Å². The number of hydrogen-bond acceptors (Lipinski definition) is 7. The average Bonchev–Trinajstić information content (AvgIpc) is 2.89. The number of aryl methyl sites for hydroxylation is 1. The van der Waals surface area contributed by atoms with Crippen LogP contribution in [0.25, 0.3) is 28.1 Å². The number of amides is 1. The molecule has 1 amide bonds. The second kappa shape index (κ2) is 10.2. The zero-order valence-electron chi connectivity index (χ0n) is 21.9. The molecule has 1 aliphatic heterocycles. The fraction of sp³-hybridized carbons (Fsp3) is 0.333. The Morgan fingerprint density at radius 2 is 1.90 bits per heavy atom. The molecule has 4 aromatic rings. The first kappa shape index (κ1) is 26.5. The SMILES string of the molecule is Cc1ccnc(C(C)C)c1-n1c(=O)nc(N2CCN(C(=O)O)C[C@@H]2C)c2nc(Cl)c(-c3ccccc3F)nc21. The molecule has 0 spiro atoms. The van der Waals surface area contributed by atoms with Gasteiger partial charge in [-0.2, -0.15) is 4.98 Å². The van der Waals surface area contributed by atoms with E-state index >= 15 is 0 Å². The van der Waals surface area contributed by atoms with Crippen LogP contribution in [0.4, 0.5) is 15.0 Å². The molecule has 1 atom stereocenters. The molecule has 1 aliphatic rings. The van der Waals surface area contributed by atoms with Crippen LogP contribution in [-0.2, 0) is 0 Å². The molecule has 12 heteroatoms. The fourth-order valence-corrected chi connectivity index (χ4v) is 5.18. The number of benzene rings is 1. The monoisotopic (exact) mass is 551 g/mol. The van der Waals surface area contributed by atoms with E-state index in [2.05, 4.69) is 15.0 Å². The maximum Gasteiger partial charge on any atom is 0.407 e. The lowest BCUT2D eigenvalue weighted by Crippen LogP contribution is -2.54. The van der Waals surface area contributed by atoms with E-state index < -0.39 is 17.6 Å². The number of anilines is 1. The number of aromatic nitrogens is 5. The van der Waals surface area contributed by atoms with E-state index in [9.17, 15) is 19.1 Å². The van der Waals surface area contributed by atoms with Crippen molar-refractivity contribution in [3.63, 3.8) is 0 Å². The molecular formula is C27H27ClFN7O3. The summed E-state index contributed by atoms with van der Waals surface area (Å²) in [6.45, 7) is 8.38. The molecule has 1 aromatic carbocycles. The van der Waals surface area contributed by atoms with Crippen molar-refractivity contribution >= 4 is 34.7 Å². The Labute approximate surface area is 228 Å². The smallest absolute Gasteiger partial charge is 0.407 e. The minimum atomic E-state index is -1.01. The molecule has 1 fully saturated rings. The van der Waals surface area contributed by atoms with Gasteiger partial charge in [0.15, 0.2) is 22.1 Å². The number of carboxylic acid groups (broad SMARTS) is 1. The van der Waals surface area contributed by atoms with Crippen LogP contribution in [0.15, 0.2) is 41.3 Å². The predicted molar refractivity (Wildman–Crippen MR) is 146 cm³/mol. The first-order chi connectivity index (χ1) is 18.6. The largest absolute Gasteiger partial charge is 0.465 e. The van der Waals surface area contributed by atoms with E-state index in [4.69, 9.17) is 16.6 Å². The average molecular weight is 552 g/mol. The summed E-state index contributed by atoms with van der Waals surface area (Å²) in [6.07, 6.45) is 0.667. The minimum absolute atomic E-state index is 0.0306. The summed E-state index contributed by atoms with van der Waals surface area (Å²) in [5, 5.41) is 9.40. The maximum absolute atomic E-state index is 14.8. The summed E-state index contributed by atoms with van der Waals surface area (Å²) in [5.74, 6) is -0.321. The number of nitrogens with zero attached hydrogens (tertiary/aromatic N) is 7. The Kier molecular flexibility index (Phi) is 6.94. The minimum Gasteiger partial charge on any atom is -0.465 e. The Balaban J connectivity index is 1.84. The fourth-order valence-electron chi connectivity index (χ4n) is 4.95. The van der Waals surface area contributed by atoms with Gasteiger partial charge in [0.05, 0.1) is 11.4 Å². The van der Waals surface area contributed by atoms with Gasteiger partial charge in [0, 0.05) is 37.4 Å². The van der Waals surface area contributed by atoms with Gasteiger partial charge < -0.3 is 14.9 Å².